The molecule has 4 heteroatoms. The van der Waals surface area contributed by atoms with Gasteiger partial charge in [-0.1, -0.05) is 19.8 Å². The zero-order valence-corrected chi connectivity index (χ0v) is 11.7. The van der Waals surface area contributed by atoms with E-state index < -0.39 is 0 Å². The Morgan fingerprint density at radius 1 is 0.947 bits per heavy atom. The van der Waals surface area contributed by atoms with E-state index in [4.69, 9.17) is 15.2 Å². The Morgan fingerprint density at radius 2 is 1.58 bits per heavy atom. The third kappa shape index (κ3) is 6.91. The average molecular weight is 266 g/mol. The number of hydrogen-bond acceptors (Lipinski definition) is 3. The van der Waals surface area contributed by atoms with Gasteiger partial charge in [-0.2, -0.15) is 0 Å². The first-order chi connectivity index (χ1) is 9.26. The molecule has 0 aliphatic heterocycles. The van der Waals surface area contributed by atoms with Crippen LogP contribution in [0.5, 0.6) is 17.2 Å². The van der Waals surface area contributed by atoms with Gasteiger partial charge in [-0.3, -0.25) is 5.11 Å². The molecule has 0 aromatic heterocycles. The lowest BCUT2D eigenvalue weighted by atomic mass is 10.2. The molecule has 0 atom stereocenters. The molecular formula is C15H24NO3. The van der Waals surface area contributed by atoms with Gasteiger partial charge >= 0.3 is 0 Å². The summed E-state index contributed by atoms with van der Waals surface area (Å²) in [4.78, 5) is 0. The molecule has 0 saturated heterocycles. The van der Waals surface area contributed by atoms with Gasteiger partial charge in [0.1, 0.15) is 11.5 Å². The SMILES string of the molecule is CCCOc1cc([O])cc(OCCCCCCN)c1. The van der Waals surface area contributed by atoms with Gasteiger partial charge < -0.3 is 15.2 Å². The first-order valence-electron chi connectivity index (χ1n) is 7.04. The van der Waals surface area contributed by atoms with Crippen molar-refractivity contribution in [3.8, 4) is 17.2 Å². The van der Waals surface area contributed by atoms with Gasteiger partial charge in [-0.15, -0.1) is 0 Å². The Labute approximate surface area is 115 Å². The maximum atomic E-state index is 11.5. The van der Waals surface area contributed by atoms with E-state index in [1.165, 1.54) is 12.1 Å². The van der Waals surface area contributed by atoms with Crippen molar-refractivity contribution in [2.45, 2.75) is 39.0 Å². The standard InChI is InChI=1S/C15H24NO3/c1-2-8-18-14-10-13(17)11-15(12-14)19-9-6-4-3-5-7-16/h10-12H,2-9,16H2,1H3. The third-order valence-corrected chi connectivity index (χ3v) is 2.69. The van der Waals surface area contributed by atoms with Gasteiger partial charge in [-0.05, 0) is 25.8 Å². The van der Waals surface area contributed by atoms with Crippen LogP contribution in [0.1, 0.15) is 39.0 Å². The molecule has 107 valence electrons. The zero-order chi connectivity index (χ0) is 13.9. The fourth-order valence-corrected chi connectivity index (χ4v) is 1.72. The highest BCUT2D eigenvalue weighted by Crippen LogP contribution is 2.27. The van der Waals surface area contributed by atoms with Crippen LogP contribution >= 0.6 is 0 Å². The van der Waals surface area contributed by atoms with Gasteiger partial charge in [0.2, 0.25) is 0 Å². The molecule has 0 amide bonds. The summed E-state index contributed by atoms with van der Waals surface area (Å²) in [7, 11) is 0. The van der Waals surface area contributed by atoms with Crippen molar-refractivity contribution < 1.29 is 14.6 Å². The summed E-state index contributed by atoms with van der Waals surface area (Å²) in [6.07, 6.45) is 5.19. The third-order valence-electron chi connectivity index (χ3n) is 2.69. The molecule has 4 nitrogen and oxygen atoms in total. The van der Waals surface area contributed by atoms with Gasteiger partial charge in [0.05, 0.1) is 13.2 Å². The fourth-order valence-electron chi connectivity index (χ4n) is 1.72. The van der Waals surface area contributed by atoms with Crippen molar-refractivity contribution in [3.05, 3.63) is 18.2 Å². The highest BCUT2D eigenvalue weighted by atomic mass is 16.5. The van der Waals surface area contributed by atoms with Crippen LogP contribution in [0.25, 0.3) is 0 Å². The summed E-state index contributed by atoms with van der Waals surface area (Å²) in [6.45, 7) is 4.01. The highest BCUT2D eigenvalue weighted by Gasteiger charge is 2.03. The molecule has 2 N–H and O–H groups in total. The van der Waals surface area contributed by atoms with Crippen LogP contribution in [0.3, 0.4) is 0 Å². The summed E-state index contributed by atoms with van der Waals surface area (Å²) in [6, 6.07) is 4.76. The first-order valence-corrected chi connectivity index (χ1v) is 7.04. The molecule has 0 aliphatic rings. The van der Waals surface area contributed by atoms with E-state index in [0.717, 1.165) is 38.6 Å². The van der Waals surface area contributed by atoms with Crippen molar-refractivity contribution in [1.29, 1.82) is 0 Å². The maximum Gasteiger partial charge on any atom is 0.186 e. The summed E-state index contributed by atoms with van der Waals surface area (Å²) in [5.41, 5.74) is 5.43. The molecular weight excluding hydrogens is 242 g/mol. The van der Waals surface area contributed by atoms with Gasteiger partial charge in [0.15, 0.2) is 5.75 Å². The maximum absolute atomic E-state index is 11.5. The summed E-state index contributed by atoms with van der Waals surface area (Å²) >= 11 is 0. The lowest BCUT2D eigenvalue weighted by molar-refractivity contribution is 0.286. The Morgan fingerprint density at radius 3 is 2.21 bits per heavy atom. The lowest BCUT2D eigenvalue weighted by Gasteiger charge is -2.09. The molecule has 1 rings (SSSR count). The fraction of sp³-hybridized carbons (Fsp3) is 0.600. The monoisotopic (exact) mass is 266 g/mol. The van der Waals surface area contributed by atoms with E-state index in [0.29, 0.717) is 24.7 Å². The number of nitrogens with two attached hydrogens (primary N) is 1. The van der Waals surface area contributed by atoms with Crippen LogP contribution in [0, 0.1) is 0 Å². The molecule has 0 heterocycles. The minimum Gasteiger partial charge on any atom is -0.493 e. The van der Waals surface area contributed by atoms with Crippen LogP contribution in [0.15, 0.2) is 18.2 Å². The van der Waals surface area contributed by atoms with E-state index in [2.05, 4.69) is 0 Å². The van der Waals surface area contributed by atoms with E-state index in [1.807, 2.05) is 6.92 Å². The van der Waals surface area contributed by atoms with E-state index >= 15 is 0 Å². The average Bonchev–Trinajstić information content (AvgIpc) is 2.40. The lowest BCUT2D eigenvalue weighted by Crippen LogP contribution is -2.01. The second-order valence-electron chi connectivity index (χ2n) is 4.54. The Bertz CT molecular complexity index is 355. The van der Waals surface area contributed by atoms with Crippen molar-refractivity contribution in [2.24, 2.45) is 5.73 Å². The van der Waals surface area contributed by atoms with Gasteiger partial charge in [0.25, 0.3) is 0 Å². The van der Waals surface area contributed by atoms with Crippen molar-refractivity contribution >= 4 is 0 Å². The van der Waals surface area contributed by atoms with Crippen LogP contribution in [-0.4, -0.2) is 19.8 Å². The molecule has 0 saturated carbocycles. The topological polar surface area (TPSA) is 64.4 Å². The second kappa shape index (κ2) is 9.50. The number of ether oxygens (including phenoxy) is 2. The number of rotatable bonds is 10. The zero-order valence-electron chi connectivity index (χ0n) is 11.7. The number of hydrogen-bond donors (Lipinski definition) is 1. The molecule has 0 spiro atoms. The molecule has 0 bridgehead atoms. The van der Waals surface area contributed by atoms with Crippen LogP contribution in [0.4, 0.5) is 0 Å². The first kappa shape index (κ1) is 15.6. The molecule has 19 heavy (non-hydrogen) atoms. The van der Waals surface area contributed by atoms with Crippen LogP contribution in [0.2, 0.25) is 0 Å². The minimum absolute atomic E-state index is 0.0771. The quantitative estimate of drug-likeness (QED) is 0.659. The van der Waals surface area contributed by atoms with Gasteiger partial charge in [-0.25, -0.2) is 0 Å². The number of benzene rings is 1. The van der Waals surface area contributed by atoms with E-state index in [-0.39, 0.29) is 5.75 Å². The van der Waals surface area contributed by atoms with Crippen LogP contribution in [-0.2, 0) is 5.11 Å². The molecule has 1 aromatic rings. The molecule has 1 radical (unpaired) electrons. The van der Waals surface area contributed by atoms with E-state index in [9.17, 15) is 5.11 Å². The Hall–Kier alpha value is -1.42. The summed E-state index contributed by atoms with van der Waals surface area (Å²) < 4.78 is 11.0. The van der Waals surface area contributed by atoms with Crippen LogP contribution < -0.4 is 15.2 Å². The van der Waals surface area contributed by atoms with E-state index in [1.54, 1.807) is 6.07 Å². The largest absolute Gasteiger partial charge is 0.493 e. The molecule has 0 fully saturated rings. The summed E-state index contributed by atoms with van der Waals surface area (Å²) in [5.74, 6) is 1.11. The second-order valence-corrected chi connectivity index (χ2v) is 4.54. The molecule has 1 aromatic carbocycles. The van der Waals surface area contributed by atoms with Crippen molar-refractivity contribution in [2.75, 3.05) is 19.8 Å². The predicted molar refractivity (Wildman–Crippen MR) is 75.4 cm³/mol. The molecule has 0 unspecified atom stereocenters. The number of unbranched alkanes of at least 4 members (excludes halogenated alkanes) is 3. The normalized spacial score (nSPS) is 10.4. The van der Waals surface area contributed by atoms with Gasteiger partial charge in [0, 0.05) is 18.2 Å². The predicted octanol–water partition coefficient (Wildman–Crippen LogP) is 3.52. The summed E-state index contributed by atoms with van der Waals surface area (Å²) in [5, 5.41) is 11.5. The minimum atomic E-state index is -0.0771. The Balaban J connectivity index is 2.34. The molecule has 0 aliphatic carbocycles. The van der Waals surface area contributed by atoms with Crippen molar-refractivity contribution in [3.63, 3.8) is 0 Å². The van der Waals surface area contributed by atoms with Crippen molar-refractivity contribution in [1.82, 2.24) is 0 Å². The Kier molecular flexibility index (Phi) is 7.82. The smallest absolute Gasteiger partial charge is 0.186 e. The highest BCUT2D eigenvalue weighted by molar-refractivity contribution is 5.41.